The fraction of sp³-hybridized carbons (Fsp3) is 0.412. The first kappa shape index (κ1) is 20.3. The zero-order valence-corrected chi connectivity index (χ0v) is 17.1. The number of anilines is 1. The van der Waals surface area contributed by atoms with Gasteiger partial charge in [-0.1, -0.05) is 0 Å². The van der Waals surface area contributed by atoms with Gasteiger partial charge in [0.1, 0.15) is 0 Å². The molecule has 0 bridgehead atoms. The first-order valence-corrected chi connectivity index (χ1v) is 12.6. The van der Waals surface area contributed by atoms with Crippen LogP contribution in [0.1, 0.15) is 30.9 Å². The molecule has 1 saturated heterocycles. The highest BCUT2D eigenvalue weighted by molar-refractivity contribution is 7.92. The minimum atomic E-state index is -3.73. The highest BCUT2D eigenvalue weighted by Crippen LogP contribution is 2.25. The number of sulfonamides is 2. The fourth-order valence-electron chi connectivity index (χ4n) is 2.92. The van der Waals surface area contributed by atoms with Crippen LogP contribution >= 0.6 is 11.3 Å². The average molecular weight is 431 g/mol. The number of hydrogen-bond donors (Lipinski definition) is 2. The lowest BCUT2D eigenvalue weighted by Gasteiger charge is -2.28. The summed E-state index contributed by atoms with van der Waals surface area (Å²) in [5.41, 5.74) is 1.24. The Hall–Kier alpha value is -1.46. The predicted molar refractivity (Wildman–Crippen MR) is 106 cm³/mol. The van der Waals surface area contributed by atoms with E-state index in [2.05, 4.69) is 4.72 Å². The first-order valence-electron chi connectivity index (χ1n) is 8.60. The van der Waals surface area contributed by atoms with Crippen LogP contribution in [0.2, 0.25) is 0 Å². The van der Waals surface area contributed by atoms with Crippen molar-refractivity contribution in [1.29, 1.82) is 0 Å². The van der Waals surface area contributed by atoms with Gasteiger partial charge in [-0.15, -0.1) is 0 Å². The second kappa shape index (κ2) is 8.27. The van der Waals surface area contributed by atoms with Gasteiger partial charge in [-0.05, 0) is 65.9 Å². The van der Waals surface area contributed by atoms with Crippen LogP contribution in [-0.2, 0) is 20.0 Å². The minimum absolute atomic E-state index is 0.0608. The van der Waals surface area contributed by atoms with Gasteiger partial charge in [-0.2, -0.15) is 11.3 Å². The molecule has 1 fully saturated rings. The lowest BCUT2D eigenvalue weighted by molar-refractivity contribution is 0.169. The van der Waals surface area contributed by atoms with Crippen molar-refractivity contribution in [3.63, 3.8) is 0 Å². The molecule has 1 aliphatic rings. The summed E-state index contributed by atoms with van der Waals surface area (Å²) in [6, 6.07) is 7.63. The van der Waals surface area contributed by atoms with Crippen LogP contribution in [0.15, 0.2) is 46.0 Å². The molecule has 148 valence electrons. The van der Waals surface area contributed by atoms with E-state index in [-0.39, 0.29) is 23.6 Å². The molecule has 0 aliphatic carbocycles. The topological polar surface area (TPSA) is 104 Å². The van der Waals surface area contributed by atoms with Gasteiger partial charge in [0.25, 0.3) is 0 Å². The Balaban J connectivity index is 1.63. The van der Waals surface area contributed by atoms with E-state index in [1.165, 1.54) is 39.9 Å². The van der Waals surface area contributed by atoms with Crippen molar-refractivity contribution >= 4 is 37.1 Å². The highest BCUT2D eigenvalue weighted by Gasteiger charge is 2.26. The number of aliphatic hydroxyl groups excluding tert-OH is 1. The lowest BCUT2D eigenvalue weighted by atomic mass is 10.1. The van der Waals surface area contributed by atoms with Gasteiger partial charge in [0.2, 0.25) is 20.0 Å². The first-order chi connectivity index (χ1) is 12.8. The fourth-order valence-corrected chi connectivity index (χ4v) is 6.31. The van der Waals surface area contributed by atoms with Crippen LogP contribution in [0.5, 0.6) is 0 Å². The summed E-state index contributed by atoms with van der Waals surface area (Å²) in [5.74, 6) is 0.112. The van der Waals surface area contributed by atoms with Gasteiger partial charge in [-0.3, -0.25) is 4.31 Å². The summed E-state index contributed by atoms with van der Waals surface area (Å²) >= 11 is 1.47. The molecule has 1 aromatic carbocycles. The van der Waals surface area contributed by atoms with Gasteiger partial charge in [0.15, 0.2) is 0 Å². The second-order valence-electron chi connectivity index (χ2n) is 6.35. The van der Waals surface area contributed by atoms with Crippen molar-refractivity contribution in [2.24, 2.45) is 0 Å². The minimum Gasteiger partial charge on any atom is -0.388 e. The summed E-state index contributed by atoms with van der Waals surface area (Å²) in [4.78, 5) is 0.0608. The van der Waals surface area contributed by atoms with Crippen molar-refractivity contribution in [1.82, 2.24) is 4.72 Å². The maximum absolute atomic E-state index is 12.4. The van der Waals surface area contributed by atoms with E-state index < -0.39 is 26.2 Å². The van der Waals surface area contributed by atoms with E-state index in [0.717, 1.165) is 12.0 Å². The van der Waals surface area contributed by atoms with Gasteiger partial charge < -0.3 is 5.11 Å². The number of aliphatic hydroxyl groups is 1. The largest absolute Gasteiger partial charge is 0.388 e. The van der Waals surface area contributed by atoms with Crippen LogP contribution in [-0.4, -0.2) is 40.8 Å². The normalized spacial score (nSPS) is 18.3. The van der Waals surface area contributed by atoms with Crippen molar-refractivity contribution in [3.8, 4) is 0 Å². The molecule has 0 amide bonds. The molecule has 1 aromatic heterocycles. The van der Waals surface area contributed by atoms with Crippen LogP contribution < -0.4 is 9.03 Å². The molecule has 2 heterocycles. The predicted octanol–water partition coefficient (Wildman–Crippen LogP) is 2.08. The van der Waals surface area contributed by atoms with Gasteiger partial charge in [0.05, 0.1) is 22.4 Å². The van der Waals surface area contributed by atoms with E-state index in [1.54, 1.807) is 6.07 Å². The molecule has 27 heavy (non-hydrogen) atoms. The van der Waals surface area contributed by atoms with E-state index in [9.17, 15) is 21.9 Å². The number of hydrogen-bond acceptors (Lipinski definition) is 6. The molecule has 3 rings (SSSR count). The Kier molecular flexibility index (Phi) is 6.21. The zero-order chi connectivity index (χ0) is 19.5. The molecule has 10 heteroatoms. The van der Waals surface area contributed by atoms with Crippen molar-refractivity contribution < 1.29 is 21.9 Å². The second-order valence-corrected chi connectivity index (χ2v) is 10.9. The molecule has 1 unspecified atom stereocenters. The molecule has 1 aliphatic heterocycles. The standard InChI is InChI=1S/C17H22N2O5S3/c20-17(14-8-11-25-13-14)7-9-18-27(23,24)16-5-3-15(4-6-16)19-10-1-2-12-26(19,21)22/h3-6,8,11,13,17-18,20H,1-2,7,9-10,12H2. The molecule has 0 saturated carbocycles. The van der Waals surface area contributed by atoms with Gasteiger partial charge in [0, 0.05) is 13.1 Å². The molecular formula is C17H22N2O5S3. The third kappa shape index (κ3) is 4.88. The van der Waals surface area contributed by atoms with Crippen LogP contribution in [0.4, 0.5) is 5.69 Å². The Morgan fingerprint density at radius 1 is 1.19 bits per heavy atom. The van der Waals surface area contributed by atoms with Crippen LogP contribution in [0.3, 0.4) is 0 Å². The SMILES string of the molecule is O=S(=O)(NCCC(O)c1ccsc1)c1ccc(N2CCCCS2(=O)=O)cc1. The number of rotatable bonds is 7. The summed E-state index contributed by atoms with van der Waals surface area (Å²) in [6.07, 6.45) is 0.977. The zero-order valence-electron chi connectivity index (χ0n) is 14.6. The van der Waals surface area contributed by atoms with Gasteiger partial charge >= 0.3 is 0 Å². The molecule has 2 N–H and O–H groups in total. The smallest absolute Gasteiger partial charge is 0.240 e. The Labute approximate surface area is 163 Å². The Bertz CT molecular complexity index is 955. The number of benzene rings is 1. The molecule has 7 nitrogen and oxygen atoms in total. The number of thiophene rings is 1. The van der Waals surface area contributed by atoms with Gasteiger partial charge in [-0.25, -0.2) is 21.6 Å². The molecule has 0 radical (unpaired) electrons. The van der Waals surface area contributed by atoms with E-state index >= 15 is 0 Å². The number of nitrogens with zero attached hydrogens (tertiary/aromatic N) is 1. The summed E-state index contributed by atoms with van der Waals surface area (Å²) in [7, 11) is -7.06. The third-order valence-corrected chi connectivity index (χ3v) is 8.47. The Morgan fingerprint density at radius 3 is 2.56 bits per heavy atom. The highest BCUT2D eigenvalue weighted by atomic mass is 32.2. The monoisotopic (exact) mass is 430 g/mol. The Morgan fingerprint density at radius 2 is 1.93 bits per heavy atom. The maximum Gasteiger partial charge on any atom is 0.240 e. The van der Waals surface area contributed by atoms with Crippen LogP contribution in [0.25, 0.3) is 0 Å². The molecular weight excluding hydrogens is 408 g/mol. The maximum atomic E-state index is 12.4. The lowest BCUT2D eigenvalue weighted by Crippen LogP contribution is -2.37. The summed E-state index contributed by atoms with van der Waals surface area (Å²) in [6.45, 7) is 0.509. The average Bonchev–Trinajstić information content (AvgIpc) is 3.16. The third-order valence-electron chi connectivity index (χ3n) is 4.42. The van der Waals surface area contributed by atoms with Crippen molar-refractivity contribution in [2.45, 2.75) is 30.3 Å². The molecule has 1 atom stereocenters. The molecule has 2 aromatic rings. The number of nitrogens with one attached hydrogen (secondary N) is 1. The van der Waals surface area contributed by atoms with E-state index in [1.807, 2.05) is 10.8 Å². The summed E-state index contributed by atoms with van der Waals surface area (Å²) < 4.78 is 52.9. The molecule has 0 spiro atoms. The summed E-state index contributed by atoms with van der Waals surface area (Å²) in [5, 5.41) is 13.7. The quantitative estimate of drug-likeness (QED) is 0.700. The van der Waals surface area contributed by atoms with E-state index in [4.69, 9.17) is 0 Å². The van der Waals surface area contributed by atoms with Crippen molar-refractivity contribution in [3.05, 3.63) is 46.7 Å². The van der Waals surface area contributed by atoms with E-state index in [0.29, 0.717) is 18.7 Å². The van der Waals surface area contributed by atoms with Crippen LogP contribution in [0, 0.1) is 0 Å². The van der Waals surface area contributed by atoms with Crippen molar-refractivity contribution in [2.75, 3.05) is 23.1 Å².